The lowest BCUT2D eigenvalue weighted by Crippen LogP contribution is -2.42. The normalized spacial score (nSPS) is 17.0. The van der Waals surface area contributed by atoms with Crippen molar-refractivity contribution in [3.8, 4) is 0 Å². The molecule has 16 heavy (non-hydrogen) atoms. The molecule has 0 saturated heterocycles. The van der Waals surface area contributed by atoms with E-state index >= 15 is 0 Å². The minimum absolute atomic E-state index is 0.415. The Morgan fingerprint density at radius 3 is 2.88 bits per heavy atom. The van der Waals surface area contributed by atoms with E-state index in [0.717, 1.165) is 19.3 Å². The van der Waals surface area contributed by atoms with Crippen molar-refractivity contribution in [3.05, 3.63) is 22.4 Å². The van der Waals surface area contributed by atoms with Crippen molar-refractivity contribution in [1.82, 2.24) is 5.32 Å². The summed E-state index contributed by atoms with van der Waals surface area (Å²) in [6.07, 6.45) is 2.91. The van der Waals surface area contributed by atoms with Crippen LogP contribution in [0, 0.1) is 0 Å². The van der Waals surface area contributed by atoms with E-state index in [1.54, 1.807) is 11.3 Å². The standard InChI is InChI=1S/C13H23NOS/c1-4-6-13(3,15)10-14-11(2)8-12-5-7-16-9-12/h5,7,9,11,14-15H,4,6,8,10H2,1-3H3. The highest BCUT2D eigenvalue weighted by Gasteiger charge is 2.19. The van der Waals surface area contributed by atoms with Gasteiger partial charge in [-0.25, -0.2) is 0 Å². The second kappa shape index (κ2) is 6.38. The molecule has 2 nitrogen and oxygen atoms in total. The molecule has 0 fully saturated rings. The summed E-state index contributed by atoms with van der Waals surface area (Å²) in [5, 5.41) is 17.7. The van der Waals surface area contributed by atoms with Crippen LogP contribution in [0.5, 0.6) is 0 Å². The monoisotopic (exact) mass is 241 g/mol. The molecule has 0 aliphatic heterocycles. The van der Waals surface area contributed by atoms with Gasteiger partial charge in [-0.2, -0.15) is 11.3 Å². The zero-order valence-electron chi connectivity index (χ0n) is 10.5. The molecule has 1 rings (SSSR count). The van der Waals surface area contributed by atoms with Crippen LogP contribution in [-0.4, -0.2) is 23.3 Å². The number of hydrogen-bond donors (Lipinski definition) is 2. The summed E-state index contributed by atoms with van der Waals surface area (Å²) in [4.78, 5) is 0. The number of nitrogens with one attached hydrogen (secondary N) is 1. The smallest absolute Gasteiger partial charge is 0.0743 e. The molecular formula is C13H23NOS. The summed E-state index contributed by atoms with van der Waals surface area (Å²) >= 11 is 1.74. The molecule has 0 aliphatic carbocycles. The molecule has 1 aromatic rings. The number of hydrogen-bond acceptors (Lipinski definition) is 3. The van der Waals surface area contributed by atoms with Gasteiger partial charge in [-0.1, -0.05) is 13.3 Å². The third kappa shape index (κ3) is 5.10. The van der Waals surface area contributed by atoms with Gasteiger partial charge < -0.3 is 10.4 Å². The summed E-state index contributed by atoms with van der Waals surface area (Å²) in [6.45, 7) is 6.84. The van der Waals surface area contributed by atoms with Crippen molar-refractivity contribution >= 4 is 11.3 Å². The van der Waals surface area contributed by atoms with Gasteiger partial charge >= 0.3 is 0 Å². The fourth-order valence-corrected chi connectivity index (χ4v) is 2.54. The number of aliphatic hydroxyl groups is 1. The first kappa shape index (κ1) is 13.7. The van der Waals surface area contributed by atoms with Gasteiger partial charge in [0.05, 0.1) is 5.60 Å². The number of thiophene rings is 1. The molecule has 3 heteroatoms. The van der Waals surface area contributed by atoms with Crippen LogP contribution in [0.1, 0.15) is 39.2 Å². The number of rotatable bonds is 7. The van der Waals surface area contributed by atoms with Crippen molar-refractivity contribution in [2.45, 2.75) is 51.7 Å². The van der Waals surface area contributed by atoms with Crippen LogP contribution in [-0.2, 0) is 6.42 Å². The fraction of sp³-hybridized carbons (Fsp3) is 0.692. The first-order valence-electron chi connectivity index (χ1n) is 6.00. The maximum Gasteiger partial charge on any atom is 0.0743 e. The van der Waals surface area contributed by atoms with Crippen molar-refractivity contribution in [2.24, 2.45) is 0 Å². The first-order valence-corrected chi connectivity index (χ1v) is 6.94. The quantitative estimate of drug-likeness (QED) is 0.769. The highest BCUT2D eigenvalue weighted by atomic mass is 32.1. The summed E-state index contributed by atoms with van der Waals surface area (Å²) in [5.41, 5.74) is 0.803. The van der Waals surface area contributed by atoms with Crippen molar-refractivity contribution in [3.63, 3.8) is 0 Å². The maximum absolute atomic E-state index is 10.0. The Hall–Kier alpha value is -0.380. The van der Waals surface area contributed by atoms with Crippen LogP contribution in [0.2, 0.25) is 0 Å². The van der Waals surface area contributed by atoms with E-state index in [-0.39, 0.29) is 0 Å². The Kier molecular flexibility index (Phi) is 5.46. The second-order valence-corrected chi connectivity index (χ2v) is 5.64. The Balaban J connectivity index is 2.27. The van der Waals surface area contributed by atoms with Crippen molar-refractivity contribution in [1.29, 1.82) is 0 Å². The van der Waals surface area contributed by atoms with Gasteiger partial charge in [0.1, 0.15) is 0 Å². The molecule has 0 aromatic carbocycles. The lowest BCUT2D eigenvalue weighted by Gasteiger charge is -2.25. The summed E-state index contributed by atoms with van der Waals surface area (Å²) in [6, 6.07) is 2.57. The molecule has 0 saturated carbocycles. The van der Waals surface area contributed by atoms with E-state index in [1.807, 2.05) is 6.92 Å². The highest BCUT2D eigenvalue weighted by molar-refractivity contribution is 7.07. The molecule has 92 valence electrons. The molecule has 0 amide bonds. The zero-order chi connectivity index (χ0) is 12.0. The summed E-state index contributed by atoms with van der Waals surface area (Å²) < 4.78 is 0. The van der Waals surface area contributed by atoms with Crippen LogP contribution in [0.3, 0.4) is 0 Å². The van der Waals surface area contributed by atoms with E-state index in [4.69, 9.17) is 0 Å². The first-order chi connectivity index (χ1) is 7.53. The maximum atomic E-state index is 10.0. The van der Waals surface area contributed by atoms with Crippen LogP contribution in [0.4, 0.5) is 0 Å². The Morgan fingerprint density at radius 2 is 2.31 bits per heavy atom. The van der Waals surface area contributed by atoms with Gasteiger partial charge in [0.15, 0.2) is 0 Å². The van der Waals surface area contributed by atoms with E-state index in [9.17, 15) is 5.11 Å². The second-order valence-electron chi connectivity index (χ2n) is 4.86. The molecular weight excluding hydrogens is 218 g/mol. The van der Waals surface area contributed by atoms with Crippen molar-refractivity contribution in [2.75, 3.05) is 6.54 Å². The molecule has 0 bridgehead atoms. The van der Waals surface area contributed by atoms with Crippen LogP contribution in [0.25, 0.3) is 0 Å². The van der Waals surface area contributed by atoms with Gasteiger partial charge in [0.2, 0.25) is 0 Å². The van der Waals surface area contributed by atoms with Gasteiger partial charge in [-0.15, -0.1) is 0 Å². The SMILES string of the molecule is CCCC(C)(O)CNC(C)Cc1ccsc1. The lowest BCUT2D eigenvalue weighted by atomic mass is 10.00. The van der Waals surface area contributed by atoms with E-state index < -0.39 is 5.60 Å². The van der Waals surface area contributed by atoms with Gasteiger partial charge in [0, 0.05) is 12.6 Å². The zero-order valence-corrected chi connectivity index (χ0v) is 11.3. The Morgan fingerprint density at radius 1 is 1.56 bits per heavy atom. The molecule has 2 atom stereocenters. The Labute approximate surface area is 103 Å². The van der Waals surface area contributed by atoms with Crippen LogP contribution in [0.15, 0.2) is 16.8 Å². The molecule has 1 aromatic heterocycles. The Bertz CT molecular complexity index is 282. The predicted molar refractivity (Wildman–Crippen MR) is 71.0 cm³/mol. The van der Waals surface area contributed by atoms with Crippen LogP contribution < -0.4 is 5.32 Å². The van der Waals surface area contributed by atoms with Gasteiger partial charge in [-0.3, -0.25) is 0 Å². The lowest BCUT2D eigenvalue weighted by molar-refractivity contribution is 0.0477. The molecule has 1 heterocycles. The van der Waals surface area contributed by atoms with Gasteiger partial charge in [-0.05, 0) is 49.1 Å². The average Bonchev–Trinajstić information content (AvgIpc) is 2.68. The van der Waals surface area contributed by atoms with E-state index in [0.29, 0.717) is 12.6 Å². The average molecular weight is 241 g/mol. The highest BCUT2D eigenvalue weighted by Crippen LogP contribution is 2.12. The molecule has 0 aliphatic rings. The predicted octanol–water partition coefficient (Wildman–Crippen LogP) is 2.82. The topological polar surface area (TPSA) is 32.3 Å². The molecule has 0 spiro atoms. The summed E-state index contributed by atoms with van der Waals surface area (Å²) in [7, 11) is 0. The largest absolute Gasteiger partial charge is 0.389 e. The van der Waals surface area contributed by atoms with Crippen molar-refractivity contribution < 1.29 is 5.11 Å². The van der Waals surface area contributed by atoms with Crippen LogP contribution >= 0.6 is 11.3 Å². The minimum Gasteiger partial charge on any atom is -0.389 e. The molecule has 0 radical (unpaired) electrons. The van der Waals surface area contributed by atoms with Gasteiger partial charge in [0.25, 0.3) is 0 Å². The van der Waals surface area contributed by atoms with E-state index in [2.05, 4.69) is 36.0 Å². The molecule has 2 unspecified atom stereocenters. The molecule has 2 N–H and O–H groups in total. The third-order valence-electron chi connectivity index (χ3n) is 2.74. The third-order valence-corrected chi connectivity index (χ3v) is 3.47. The van der Waals surface area contributed by atoms with E-state index in [1.165, 1.54) is 5.56 Å². The summed E-state index contributed by atoms with van der Waals surface area (Å²) in [5.74, 6) is 0. The minimum atomic E-state index is -0.572. The fourth-order valence-electron chi connectivity index (χ4n) is 1.86.